The molecule has 1 fully saturated rings. The van der Waals surface area contributed by atoms with Crippen molar-refractivity contribution in [2.45, 2.75) is 43.4 Å². The topological polar surface area (TPSA) is 183 Å². The molecular weight excluding hydrogens is 515 g/mol. The van der Waals surface area contributed by atoms with Crippen molar-refractivity contribution in [3.63, 3.8) is 0 Å². The Morgan fingerprint density at radius 2 is 2.03 bits per heavy atom. The Kier molecular flexibility index (Phi) is 7.67. The summed E-state index contributed by atoms with van der Waals surface area (Å²) < 4.78 is 7.43. The first-order valence-corrected chi connectivity index (χ1v) is 10.6. The number of aliphatic hydroxyl groups is 2. The third-order valence-corrected chi connectivity index (χ3v) is 6.70. The highest BCUT2D eigenvalue weighted by Gasteiger charge is 2.46. The molecule has 7 N–H and O–H groups in total. The second kappa shape index (κ2) is 9.26. The summed E-state index contributed by atoms with van der Waals surface area (Å²) in [6, 6.07) is 0. The first-order valence-electron chi connectivity index (χ1n) is 8.68. The molecule has 162 valence electrons. The molecule has 0 bridgehead atoms. The number of carboxylic acid groups (broad SMARTS) is 1. The van der Waals surface area contributed by atoms with Crippen molar-refractivity contribution in [3.05, 3.63) is 12.7 Å². The van der Waals surface area contributed by atoms with E-state index in [1.807, 2.05) is 6.26 Å². The van der Waals surface area contributed by atoms with Crippen molar-refractivity contribution in [1.82, 2.24) is 19.5 Å². The van der Waals surface area contributed by atoms with E-state index in [1.54, 1.807) is 0 Å². The highest BCUT2D eigenvalue weighted by atomic mass is 127. The van der Waals surface area contributed by atoms with Gasteiger partial charge in [-0.15, -0.1) is 0 Å². The maximum absolute atomic E-state index is 11.1. The predicted molar refractivity (Wildman–Crippen MR) is 104 cm³/mol. The molecule has 0 saturated carbocycles. The number of hydrogen-bond acceptors (Lipinski definition) is 9. The number of anilines is 1. The van der Waals surface area contributed by atoms with Crippen LogP contribution in [-0.2, 0) is 20.4 Å². The largest absolute Gasteiger partial charge is 1.00 e. The molecule has 0 aliphatic carbocycles. The van der Waals surface area contributed by atoms with Gasteiger partial charge in [-0.3, -0.25) is 9.36 Å². The Morgan fingerprint density at radius 3 is 2.69 bits per heavy atom. The molecule has 0 spiro atoms. The van der Waals surface area contributed by atoms with Gasteiger partial charge in [0.15, 0.2) is 17.7 Å². The monoisotopic (exact) mass is 540 g/mol. The summed E-state index contributed by atoms with van der Waals surface area (Å²) in [5, 5.41) is 30.0. The van der Waals surface area contributed by atoms with Crippen molar-refractivity contribution >= 4 is 33.8 Å². The Hall–Kier alpha value is -1.26. The Bertz CT molecular complexity index is 867. The maximum atomic E-state index is 11.1. The van der Waals surface area contributed by atoms with Crippen molar-refractivity contribution in [2.75, 3.05) is 23.5 Å². The highest BCUT2D eigenvalue weighted by molar-refractivity contribution is 7.96. The fraction of sp³-hybridized carbons (Fsp3) is 0.625. The number of nitrogen functional groups attached to an aromatic ring is 1. The van der Waals surface area contributed by atoms with Crippen LogP contribution in [0.3, 0.4) is 0 Å². The van der Waals surface area contributed by atoms with Crippen LogP contribution < -0.4 is 35.4 Å². The Labute approximate surface area is 187 Å². The molecule has 3 rings (SSSR count). The molecule has 2 unspecified atom stereocenters. The average Bonchev–Trinajstić information content (AvgIpc) is 3.17. The van der Waals surface area contributed by atoms with Crippen LogP contribution in [0.1, 0.15) is 19.6 Å². The Balaban J connectivity index is 0.00000300. The van der Waals surface area contributed by atoms with Crippen LogP contribution in [0.15, 0.2) is 12.7 Å². The van der Waals surface area contributed by atoms with Crippen molar-refractivity contribution in [2.24, 2.45) is 5.73 Å². The number of imidazole rings is 1. The van der Waals surface area contributed by atoms with Crippen LogP contribution >= 0.6 is 0 Å². The number of nitrogens with zero attached hydrogens (tertiary/aromatic N) is 4. The van der Waals surface area contributed by atoms with E-state index in [0.29, 0.717) is 29.1 Å². The van der Waals surface area contributed by atoms with E-state index in [9.17, 15) is 15.0 Å². The number of aliphatic carboxylic acids is 1. The quantitative estimate of drug-likeness (QED) is 0.170. The predicted octanol–water partition coefficient (Wildman–Crippen LogP) is -4.53. The number of carbonyl (C=O) groups is 1. The minimum Gasteiger partial charge on any atom is -1.00 e. The van der Waals surface area contributed by atoms with Gasteiger partial charge in [-0.25, -0.2) is 15.0 Å². The zero-order chi connectivity index (χ0) is 20.6. The van der Waals surface area contributed by atoms with Crippen LogP contribution in [0, 0.1) is 0 Å². The van der Waals surface area contributed by atoms with E-state index < -0.39 is 36.0 Å². The zero-order valence-electron chi connectivity index (χ0n) is 16.0. The molecule has 1 aliphatic rings. The van der Waals surface area contributed by atoms with E-state index in [4.69, 9.17) is 21.3 Å². The molecule has 1 aliphatic heterocycles. The number of rotatable bonds is 7. The zero-order valence-corrected chi connectivity index (χ0v) is 18.9. The third kappa shape index (κ3) is 4.91. The van der Waals surface area contributed by atoms with Crippen molar-refractivity contribution in [3.8, 4) is 0 Å². The second-order valence-electron chi connectivity index (χ2n) is 7.25. The van der Waals surface area contributed by atoms with Gasteiger partial charge in [0.1, 0.15) is 47.2 Å². The number of nitrogens with two attached hydrogens (primary N) is 2. The summed E-state index contributed by atoms with van der Waals surface area (Å²) >= 11 is 0. The fourth-order valence-corrected chi connectivity index (χ4v) is 4.79. The van der Waals surface area contributed by atoms with E-state index in [2.05, 4.69) is 15.0 Å². The lowest BCUT2D eigenvalue weighted by Gasteiger charge is -2.19. The van der Waals surface area contributed by atoms with Gasteiger partial charge in [0.2, 0.25) is 0 Å². The van der Waals surface area contributed by atoms with Crippen LogP contribution in [0.4, 0.5) is 5.82 Å². The molecular formula is C16H25IN6O5S. The van der Waals surface area contributed by atoms with Gasteiger partial charge in [0, 0.05) is 6.42 Å². The second-order valence-corrected chi connectivity index (χ2v) is 9.56. The van der Waals surface area contributed by atoms with Crippen molar-refractivity contribution in [1.29, 1.82) is 0 Å². The standard InChI is InChI=1S/C16H24N6O5S.HI/c1-16(18,15(25)26)3-4-28(2)5-8-10(23)11(24)14(27-8)22-7-21-9-12(17)19-6-20-13(9)22;/h6-8,10-11,14,23-24H,3-5,18H2,1-2H3,(H2-,17,19,20,25,26);1H/t8-,10-,11-,14-,16?,28?;/m1./s1. The number of hydrogen-bond donors (Lipinski definition) is 5. The van der Waals surface area contributed by atoms with Gasteiger partial charge < -0.3 is 55.5 Å². The van der Waals surface area contributed by atoms with E-state index in [0.717, 1.165) is 0 Å². The van der Waals surface area contributed by atoms with Gasteiger partial charge in [-0.2, -0.15) is 0 Å². The molecule has 13 heteroatoms. The molecule has 29 heavy (non-hydrogen) atoms. The maximum Gasteiger partial charge on any atom is 0.323 e. The lowest BCUT2D eigenvalue weighted by molar-refractivity contribution is -0.142. The summed E-state index contributed by atoms with van der Waals surface area (Å²) in [6.07, 6.45) is 1.24. The first kappa shape index (κ1) is 24.0. The number of carboxylic acids is 1. The van der Waals surface area contributed by atoms with E-state index in [1.165, 1.54) is 24.1 Å². The molecule has 0 radical (unpaired) electrons. The van der Waals surface area contributed by atoms with Crippen LogP contribution in [0.25, 0.3) is 11.2 Å². The normalized spacial score (nSPS) is 27.3. The molecule has 2 aromatic heterocycles. The van der Waals surface area contributed by atoms with Crippen LogP contribution in [0.2, 0.25) is 0 Å². The molecule has 0 aromatic carbocycles. The number of aliphatic hydroxyl groups excluding tert-OH is 2. The summed E-state index contributed by atoms with van der Waals surface area (Å²) in [6.45, 7) is 1.48. The minimum atomic E-state index is -1.30. The first-order chi connectivity index (χ1) is 13.1. The molecule has 0 amide bonds. The molecule has 1 saturated heterocycles. The van der Waals surface area contributed by atoms with Gasteiger partial charge in [-0.05, 0) is 17.8 Å². The molecule has 2 aromatic rings. The lowest BCUT2D eigenvalue weighted by atomic mass is 10.0. The minimum absolute atomic E-state index is 0. The van der Waals surface area contributed by atoms with E-state index >= 15 is 0 Å². The highest BCUT2D eigenvalue weighted by Crippen LogP contribution is 2.32. The van der Waals surface area contributed by atoms with Crippen LogP contribution in [-0.4, -0.2) is 82.4 Å². The number of ether oxygens (including phenoxy) is 1. The Morgan fingerprint density at radius 1 is 1.34 bits per heavy atom. The summed E-state index contributed by atoms with van der Waals surface area (Å²) in [5.41, 5.74) is 11.0. The third-order valence-electron chi connectivity index (χ3n) is 4.91. The van der Waals surface area contributed by atoms with Gasteiger partial charge in [0.25, 0.3) is 0 Å². The number of halogens is 1. The number of fused-ring (bicyclic) bond motifs is 1. The van der Waals surface area contributed by atoms with Crippen LogP contribution in [0.5, 0.6) is 0 Å². The average molecular weight is 540 g/mol. The van der Waals surface area contributed by atoms with E-state index in [-0.39, 0.29) is 40.7 Å². The smallest absolute Gasteiger partial charge is 0.323 e. The van der Waals surface area contributed by atoms with Gasteiger partial charge in [0.05, 0.1) is 12.6 Å². The molecule has 3 heterocycles. The number of aromatic nitrogens is 4. The summed E-state index contributed by atoms with van der Waals surface area (Å²) in [7, 11) is -0.261. The SMILES string of the molecule is C[S+](CCC(C)(N)C(=O)O)C[C@H]1O[C@@H](n2cnc3c(N)ncnc32)[C@H](O)[C@@H]1O.[I-]. The fourth-order valence-electron chi connectivity index (χ4n) is 3.01. The summed E-state index contributed by atoms with van der Waals surface area (Å²) in [4.78, 5) is 23.3. The van der Waals surface area contributed by atoms with Gasteiger partial charge in [-0.1, -0.05) is 0 Å². The van der Waals surface area contributed by atoms with Gasteiger partial charge >= 0.3 is 5.97 Å². The lowest BCUT2D eigenvalue weighted by Crippen LogP contribution is -3.00. The molecule has 6 atom stereocenters. The van der Waals surface area contributed by atoms with Crippen molar-refractivity contribution < 1.29 is 48.8 Å². The molecule has 11 nitrogen and oxygen atoms in total. The summed E-state index contributed by atoms with van der Waals surface area (Å²) in [5.74, 6) is 0.204.